The van der Waals surface area contributed by atoms with Gasteiger partial charge < -0.3 is 10.5 Å². The lowest BCUT2D eigenvalue weighted by Crippen LogP contribution is -2.18. The van der Waals surface area contributed by atoms with Gasteiger partial charge in [-0.15, -0.1) is 0 Å². The molecule has 0 saturated heterocycles. The molecule has 0 atom stereocenters. The van der Waals surface area contributed by atoms with Gasteiger partial charge in [0.2, 0.25) is 5.90 Å². The van der Waals surface area contributed by atoms with E-state index in [1.165, 1.54) is 17.0 Å². The summed E-state index contributed by atoms with van der Waals surface area (Å²) in [5, 5.41) is 0. The highest BCUT2D eigenvalue weighted by atomic mass is 16.5. The summed E-state index contributed by atoms with van der Waals surface area (Å²) in [6.07, 6.45) is 2.08. The molecule has 2 N–H and O–H groups in total. The van der Waals surface area contributed by atoms with Crippen LogP contribution in [0.15, 0.2) is 47.5 Å². The van der Waals surface area contributed by atoms with Crippen molar-refractivity contribution in [2.24, 2.45) is 10.7 Å². The van der Waals surface area contributed by atoms with Crippen LogP contribution in [0.2, 0.25) is 0 Å². The number of aliphatic imine (C=N–C) groups is 1. The second-order valence-electron chi connectivity index (χ2n) is 5.51. The number of ether oxygens (including phenoxy) is 1. The summed E-state index contributed by atoms with van der Waals surface area (Å²) >= 11 is 0. The standard InChI is InChI=1S/C18H17N2O/c19-10-12-5-8-17-14(9-12)11-21-18(20-17)16-7-6-13-3-1-2-4-15(13)16/h1-5,8-9H,6-7,10-11,19H2. The zero-order valence-electron chi connectivity index (χ0n) is 11.8. The molecule has 0 saturated carbocycles. The highest BCUT2D eigenvalue weighted by Gasteiger charge is 2.30. The van der Waals surface area contributed by atoms with Gasteiger partial charge in [0.15, 0.2) is 0 Å². The normalized spacial score (nSPS) is 16.9. The lowest BCUT2D eigenvalue weighted by molar-refractivity contribution is 0.283. The second kappa shape index (κ2) is 5.01. The molecule has 1 aliphatic carbocycles. The molecule has 105 valence electrons. The van der Waals surface area contributed by atoms with Gasteiger partial charge in [0.25, 0.3) is 0 Å². The third-order valence-electron chi connectivity index (χ3n) is 4.21. The average molecular weight is 277 g/mol. The van der Waals surface area contributed by atoms with E-state index in [-0.39, 0.29) is 0 Å². The average Bonchev–Trinajstić information content (AvgIpc) is 2.98. The monoisotopic (exact) mass is 277 g/mol. The van der Waals surface area contributed by atoms with Gasteiger partial charge >= 0.3 is 0 Å². The molecule has 1 heterocycles. The van der Waals surface area contributed by atoms with E-state index in [4.69, 9.17) is 15.5 Å². The SMILES string of the molecule is NCc1ccc2c(c1)COC([C]1CCc3ccccc31)=N2. The smallest absolute Gasteiger partial charge is 0.201 e. The number of hydrogen-bond acceptors (Lipinski definition) is 3. The van der Waals surface area contributed by atoms with E-state index >= 15 is 0 Å². The maximum Gasteiger partial charge on any atom is 0.201 e. The number of hydrogen-bond donors (Lipinski definition) is 1. The zero-order chi connectivity index (χ0) is 14.2. The molecule has 0 bridgehead atoms. The Morgan fingerprint density at radius 3 is 2.86 bits per heavy atom. The molecule has 0 aromatic heterocycles. The quantitative estimate of drug-likeness (QED) is 0.915. The largest absolute Gasteiger partial charge is 0.475 e. The van der Waals surface area contributed by atoms with Gasteiger partial charge in [-0.3, -0.25) is 0 Å². The highest BCUT2D eigenvalue weighted by molar-refractivity contribution is 5.98. The predicted molar refractivity (Wildman–Crippen MR) is 83.3 cm³/mol. The van der Waals surface area contributed by atoms with Gasteiger partial charge in [-0.25, -0.2) is 4.99 Å². The van der Waals surface area contributed by atoms with E-state index in [1.807, 2.05) is 12.1 Å². The first-order valence-electron chi connectivity index (χ1n) is 7.33. The molecule has 2 aliphatic rings. The molecule has 21 heavy (non-hydrogen) atoms. The van der Waals surface area contributed by atoms with Crippen LogP contribution >= 0.6 is 0 Å². The molecule has 2 aromatic carbocycles. The molecule has 3 nitrogen and oxygen atoms in total. The summed E-state index contributed by atoms with van der Waals surface area (Å²) < 4.78 is 5.92. The van der Waals surface area contributed by atoms with Crippen LogP contribution in [0.5, 0.6) is 0 Å². The van der Waals surface area contributed by atoms with Crippen LogP contribution in [-0.4, -0.2) is 5.90 Å². The van der Waals surface area contributed by atoms with E-state index in [0.717, 1.165) is 35.6 Å². The Morgan fingerprint density at radius 2 is 1.95 bits per heavy atom. The molecule has 0 fully saturated rings. The van der Waals surface area contributed by atoms with E-state index in [9.17, 15) is 0 Å². The van der Waals surface area contributed by atoms with Gasteiger partial charge in [-0.05, 0) is 41.7 Å². The number of nitrogens with zero attached hydrogens (tertiary/aromatic N) is 1. The maximum absolute atomic E-state index is 5.92. The molecule has 4 rings (SSSR count). The van der Waals surface area contributed by atoms with E-state index in [0.29, 0.717) is 13.2 Å². The molecular formula is C18H17N2O. The minimum atomic E-state index is 0.550. The topological polar surface area (TPSA) is 47.6 Å². The minimum absolute atomic E-state index is 0.550. The Balaban J connectivity index is 1.70. The second-order valence-corrected chi connectivity index (χ2v) is 5.51. The lowest BCUT2D eigenvalue weighted by Gasteiger charge is -2.21. The van der Waals surface area contributed by atoms with Gasteiger partial charge in [0.05, 0.1) is 11.6 Å². The summed E-state index contributed by atoms with van der Waals surface area (Å²) in [6, 6.07) is 14.7. The minimum Gasteiger partial charge on any atom is -0.475 e. The number of rotatable bonds is 2. The van der Waals surface area contributed by atoms with Crippen molar-refractivity contribution in [2.45, 2.75) is 26.0 Å². The Hall–Kier alpha value is -2.13. The Kier molecular flexibility index (Phi) is 3.00. The Labute approximate surface area is 124 Å². The number of nitrogens with two attached hydrogens (primary N) is 1. The molecule has 1 aliphatic heterocycles. The van der Waals surface area contributed by atoms with Crippen molar-refractivity contribution in [1.29, 1.82) is 0 Å². The Bertz CT molecular complexity index is 721. The van der Waals surface area contributed by atoms with E-state index in [2.05, 4.69) is 30.3 Å². The van der Waals surface area contributed by atoms with Crippen molar-refractivity contribution in [2.75, 3.05) is 0 Å². The van der Waals surface area contributed by atoms with Gasteiger partial charge in [0.1, 0.15) is 6.61 Å². The van der Waals surface area contributed by atoms with Crippen LogP contribution < -0.4 is 5.73 Å². The summed E-state index contributed by atoms with van der Waals surface area (Å²) in [4.78, 5) is 4.72. The summed E-state index contributed by atoms with van der Waals surface area (Å²) in [7, 11) is 0. The van der Waals surface area contributed by atoms with Crippen molar-refractivity contribution >= 4 is 11.6 Å². The highest BCUT2D eigenvalue weighted by Crippen LogP contribution is 2.37. The van der Waals surface area contributed by atoms with Crippen LogP contribution in [0.1, 0.15) is 28.7 Å². The molecule has 0 spiro atoms. The predicted octanol–water partition coefficient (Wildman–Crippen LogP) is 3.27. The fraction of sp³-hybridized carbons (Fsp3) is 0.222. The third kappa shape index (κ3) is 2.14. The van der Waals surface area contributed by atoms with Crippen LogP contribution in [0.3, 0.4) is 0 Å². The fourth-order valence-corrected chi connectivity index (χ4v) is 3.08. The molecule has 3 heteroatoms. The number of benzene rings is 2. The van der Waals surface area contributed by atoms with Crippen molar-refractivity contribution in [1.82, 2.24) is 0 Å². The Morgan fingerprint density at radius 1 is 1.05 bits per heavy atom. The third-order valence-corrected chi connectivity index (χ3v) is 4.21. The van der Waals surface area contributed by atoms with Gasteiger partial charge in [-0.1, -0.05) is 30.3 Å². The first kappa shape index (κ1) is 12.6. The van der Waals surface area contributed by atoms with Gasteiger partial charge in [0, 0.05) is 12.1 Å². The van der Waals surface area contributed by atoms with Crippen LogP contribution in [0.4, 0.5) is 5.69 Å². The summed E-state index contributed by atoms with van der Waals surface area (Å²) in [5.41, 5.74) is 11.6. The van der Waals surface area contributed by atoms with E-state index in [1.54, 1.807) is 0 Å². The summed E-state index contributed by atoms with van der Waals surface area (Å²) in [6.45, 7) is 1.13. The fourth-order valence-electron chi connectivity index (χ4n) is 3.08. The molecule has 2 aromatic rings. The summed E-state index contributed by atoms with van der Waals surface area (Å²) in [5.74, 6) is 2.02. The molecule has 1 radical (unpaired) electrons. The van der Waals surface area contributed by atoms with E-state index < -0.39 is 0 Å². The van der Waals surface area contributed by atoms with Crippen molar-refractivity contribution in [3.8, 4) is 0 Å². The van der Waals surface area contributed by atoms with Crippen molar-refractivity contribution in [3.63, 3.8) is 0 Å². The van der Waals surface area contributed by atoms with Crippen LogP contribution in [0.25, 0.3) is 0 Å². The zero-order valence-corrected chi connectivity index (χ0v) is 11.8. The van der Waals surface area contributed by atoms with Gasteiger partial charge in [-0.2, -0.15) is 0 Å². The van der Waals surface area contributed by atoms with Crippen molar-refractivity contribution < 1.29 is 4.74 Å². The molecule has 0 unspecified atom stereocenters. The lowest BCUT2D eigenvalue weighted by atomic mass is 10.00. The number of fused-ring (bicyclic) bond motifs is 2. The first-order valence-corrected chi connectivity index (χ1v) is 7.33. The van der Waals surface area contributed by atoms with Crippen LogP contribution in [0, 0.1) is 5.92 Å². The van der Waals surface area contributed by atoms with Crippen LogP contribution in [-0.2, 0) is 24.3 Å². The number of aryl methyl sites for hydroxylation is 1. The first-order chi connectivity index (χ1) is 10.3. The van der Waals surface area contributed by atoms with Crippen molar-refractivity contribution in [3.05, 3.63) is 70.6 Å². The maximum atomic E-state index is 5.92. The molecular weight excluding hydrogens is 260 g/mol. The molecule has 0 amide bonds.